The molecule has 0 heterocycles. The third kappa shape index (κ3) is 6.79. The predicted octanol–water partition coefficient (Wildman–Crippen LogP) is 7.46. The van der Waals surface area contributed by atoms with E-state index in [4.69, 9.17) is 9.47 Å². The zero-order chi connectivity index (χ0) is 31.1. The summed E-state index contributed by atoms with van der Waals surface area (Å²) in [5, 5.41) is 2.81. The summed E-state index contributed by atoms with van der Waals surface area (Å²) >= 11 is 0. The Bertz CT molecular complexity index is 1450. The Hall–Kier alpha value is -4.47. The number of esters is 1. The van der Waals surface area contributed by atoms with Crippen LogP contribution in [0.3, 0.4) is 0 Å². The lowest BCUT2D eigenvalue weighted by Gasteiger charge is -2.34. The van der Waals surface area contributed by atoms with Crippen LogP contribution in [0.4, 0.5) is 22.4 Å². The Kier molecular flexibility index (Phi) is 10.0. The zero-order valence-electron chi connectivity index (χ0n) is 23.6. The van der Waals surface area contributed by atoms with E-state index in [2.05, 4.69) is 11.9 Å². The van der Waals surface area contributed by atoms with Gasteiger partial charge in [0.25, 0.3) is 0 Å². The minimum atomic E-state index is -1.97. The number of carbonyl (C=O) groups excluding carboxylic acids is 3. The summed E-state index contributed by atoms with van der Waals surface area (Å²) in [5.74, 6) is -9.90. The lowest BCUT2D eigenvalue weighted by Crippen LogP contribution is -2.49. The fourth-order valence-corrected chi connectivity index (χ4v) is 5.45. The normalized spacial score (nSPS) is 13.4. The SMILES string of the molecule is C=CCCC(CCC=O)(CCC(=O)Oc1c(F)c(C)c(F)c(F)c1F)NC(=O)OCC1c2ccccc2-c2ccccc21. The highest BCUT2D eigenvalue weighted by Gasteiger charge is 2.35. The van der Waals surface area contributed by atoms with Gasteiger partial charge >= 0.3 is 12.1 Å². The van der Waals surface area contributed by atoms with Gasteiger partial charge in [0.05, 0.1) is 0 Å². The van der Waals surface area contributed by atoms with Crippen molar-refractivity contribution in [3.8, 4) is 16.9 Å². The summed E-state index contributed by atoms with van der Waals surface area (Å²) in [4.78, 5) is 37.1. The van der Waals surface area contributed by atoms with E-state index in [0.717, 1.165) is 29.2 Å². The van der Waals surface area contributed by atoms with Crippen LogP contribution in [0.1, 0.15) is 61.1 Å². The van der Waals surface area contributed by atoms with Crippen LogP contribution in [0.25, 0.3) is 11.1 Å². The molecule has 1 atom stereocenters. The van der Waals surface area contributed by atoms with Crippen LogP contribution in [0.5, 0.6) is 5.75 Å². The molecule has 0 fully saturated rings. The van der Waals surface area contributed by atoms with Gasteiger partial charge in [0.15, 0.2) is 17.5 Å². The summed E-state index contributed by atoms with van der Waals surface area (Å²) in [6, 6.07) is 15.7. The second kappa shape index (κ2) is 13.7. The molecule has 10 heteroatoms. The van der Waals surface area contributed by atoms with Crippen molar-refractivity contribution in [2.24, 2.45) is 0 Å². The highest BCUT2D eigenvalue weighted by molar-refractivity contribution is 5.79. The van der Waals surface area contributed by atoms with Crippen LogP contribution >= 0.6 is 0 Å². The van der Waals surface area contributed by atoms with Gasteiger partial charge < -0.3 is 19.6 Å². The van der Waals surface area contributed by atoms with Gasteiger partial charge in [0.1, 0.15) is 12.9 Å². The van der Waals surface area contributed by atoms with Gasteiger partial charge in [-0.3, -0.25) is 4.79 Å². The second-order valence-electron chi connectivity index (χ2n) is 10.4. The molecule has 0 bridgehead atoms. The molecule has 1 unspecified atom stereocenters. The van der Waals surface area contributed by atoms with Crippen LogP contribution < -0.4 is 10.1 Å². The molecule has 43 heavy (non-hydrogen) atoms. The number of amides is 1. The molecule has 0 aromatic heterocycles. The van der Waals surface area contributed by atoms with Crippen molar-refractivity contribution in [3.05, 3.63) is 101 Å². The second-order valence-corrected chi connectivity index (χ2v) is 10.4. The number of aldehydes is 1. The Balaban J connectivity index is 1.48. The molecular formula is C33H31F4NO5. The van der Waals surface area contributed by atoms with E-state index >= 15 is 0 Å². The van der Waals surface area contributed by atoms with Gasteiger partial charge in [-0.25, -0.2) is 18.0 Å². The van der Waals surface area contributed by atoms with E-state index in [-0.39, 0.29) is 38.2 Å². The van der Waals surface area contributed by atoms with Gasteiger partial charge in [-0.15, -0.1) is 6.58 Å². The molecule has 1 amide bonds. The Morgan fingerprint density at radius 3 is 2.09 bits per heavy atom. The van der Waals surface area contributed by atoms with Crippen LogP contribution in [-0.2, 0) is 14.3 Å². The largest absolute Gasteiger partial charge is 0.449 e. The lowest BCUT2D eigenvalue weighted by atomic mass is 9.84. The smallest absolute Gasteiger partial charge is 0.407 e. The van der Waals surface area contributed by atoms with Gasteiger partial charge in [-0.05, 0) is 54.9 Å². The first-order chi connectivity index (χ1) is 20.6. The van der Waals surface area contributed by atoms with Crippen molar-refractivity contribution >= 4 is 18.3 Å². The Morgan fingerprint density at radius 2 is 1.49 bits per heavy atom. The maximum Gasteiger partial charge on any atom is 0.407 e. The summed E-state index contributed by atoms with van der Waals surface area (Å²) in [6.45, 7) is 4.60. The molecule has 3 aromatic carbocycles. The van der Waals surface area contributed by atoms with Crippen LogP contribution in [0, 0.1) is 30.2 Å². The number of nitrogens with one attached hydrogen (secondary N) is 1. The molecule has 0 saturated carbocycles. The first-order valence-electron chi connectivity index (χ1n) is 13.8. The van der Waals surface area contributed by atoms with E-state index < -0.39 is 58.6 Å². The van der Waals surface area contributed by atoms with Crippen LogP contribution in [0.2, 0.25) is 0 Å². The molecule has 1 N–H and O–H groups in total. The average Bonchev–Trinajstić information content (AvgIpc) is 3.34. The van der Waals surface area contributed by atoms with E-state index in [0.29, 0.717) is 12.7 Å². The third-order valence-electron chi connectivity index (χ3n) is 7.74. The number of rotatable bonds is 13. The first-order valence-corrected chi connectivity index (χ1v) is 13.8. The van der Waals surface area contributed by atoms with Gasteiger partial charge in [0.2, 0.25) is 11.6 Å². The summed E-state index contributed by atoms with van der Waals surface area (Å²) in [6.07, 6.45) is 1.70. The molecule has 0 saturated heterocycles. The number of benzene rings is 3. The monoisotopic (exact) mass is 597 g/mol. The molecule has 3 aromatic rings. The first kappa shape index (κ1) is 31.5. The third-order valence-corrected chi connectivity index (χ3v) is 7.74. The van der Waals surface area contributed by atoms with E-state index in [1.54, 1.807) is 6.08 Å². The van der Waals surface area contributed by atoms with Crippen LogP contribution in [0.15, 0.2) is 61.2 Å². The number of carbonyl (C=O) groups is 3. The van der Waals surface area contributed by atoms with Crippen molar-refractivity contribution in [3.63, 3.8) is 0 Å². The molecule has 1 aliphatic rings. The Morgan fingerprint density at radius 1 is 0.884 bits per heavy atom. The number of halogens is 4. The Labute approximate surface area is 246 Å². The molecule has 6 nitrogen and oxygen atoms in total. The molecular weight excluding hydrogens is 566 g/mol. The maximum atomic E-state index is 14.4. The van der Waals surface area contributed by atoms with E-state index in [1.807, 2.05) is 48.5 Å². The highest BCUT2D eigenvalue weighted by Crippen LogP contribution is 2.44. The molecule has 1 aliphatic carbocycles. The topological polar surface area (TPSA) is 81.7 Å². The summed E-state index contributed by atoms with van der Waals surface area (Å²) in [7, 11) is 0. The molecule has 226 valence electrons. The summed E-state index contributed by atoms with van der Waals surface area (Å²) in [5.41, 5.74) is 2.15. The minimum Gasteiger partial charge on any atom is -0.449 e. The quantitative estimate of drug-likeness (QED) is 0.0421. The van der Waals surface area contributed by atoms with E-state index in [9.17, 15) is 31.9 Å². The fourth-order valence-electron chi connectivity index (χ4n) is 5.45. The van der Waals surface area contributed by atoms with Crippen molar-refractivity contribution < 1.29 is 41.4 Å². The van der Waals surface area contributed by atoms with Gasteiger partial charge in [-0.1, -0.05) is 54.6 Å². The lowest BCUT2D eigenvalue weighted by molar-refractivity contribution is -0.135. The van der Waals surface area contributed by atoms with Gasteiger partial charge in [-0.2, -0.15) is 4.39 Å². The standard InChI is InChI=1S/C33H31F4NO5/c1-3-4-15-33(16-9-18-39,17-14-26(40)43-31-28(35)20(2)27(34)29(36)30(31)37)38-32(41)42-19-25-23-12-7-5-10-21(23)22-11-6-8-13-24(22)25/h3,5-8,10-13,18,25H,1,4,9,14-17,19H2,2H3,(H,38,41). The minimum absolute atomic E-state index is 0.0289. The number of ether oxygens (including phenoxy) is 2. The van der Waals surface area contributed by atoms with Crippen LogP contribution in [-0.4, -0.2) is 30.5 Å². The highest BCUT2D eigenvalue weighted by atomic mass is 19.2. The van der Waals surface area contributed by atoms with E-state index in [1.165, 1.54) is 0 Å². The van der Waals surface area contributed by atoms with Crippen molar-refractivity contribution in [2.45, 2.75) is 56.9 Å². The number of alkyl carbamates (subject to hydrolysis) is 1. The summed E-state index contributed by atoms with van der Waals surface area (Å²) < 4.78 is 66.5. The predicted molar refractivity (Wildman–Crippen MR) is 152 cm³/mol. The van der Waals surface area contributed by atoms with Crippen molar-refractivity contribution in [1.82, 2.24) is 5.32 Å². The number of fused-ring (bicyclic) bond motifs is 3. The molecule has 0 radical (unpaired) electrons. The molecule has 4 rings (SSSR count). The van der Waals surface area contributed by atoms with Crippen molar-refractivity contribution in [1.29, 1.82) is 0 Å². The fraction of sp³-hybridized carbons (Fsp3) is 0.303. The molecule has 0 aliphatic heterocycles. The average molecular weight is 598 g/mol. The molecule has 0 spiro atoms. The van der Waals surface area contributed by atoms with Gasteiger partial charge in [0, 0.05) is 29.9 Å². The van der Waals surface area contributed by atoms with Crippen molar-refractivity contribution in [2.75, 3.05) is 6.61 Å². The maximum absolute atomic E-state index is 14.4. The number of allylic oxidation sites excluding steroid dienone is 1. The number of hydrogen-bond donors (Lipinski definition) is 1. The zero-order valence-corrected chi connectivity index (χ0v) is 23.6. The number of hydrogen-bond acceptors (Lipinski definition) is 5.